The van der Waals surface area contributed by atoms with Gasteiger partial charge in [-0.25, -0.2) is 14.4 Å². The number of carboxylic acid groups (broad SMARTS) is 2. The first-order chi connectivity index (χ1) is 16.8. The molecule has 0 atom stereocenters. The van der Waals surface area contributed by atoms with Gasteiger partial charge in [0.2, 0.25) is 0 Å². The van der Waals surface area contributed by atoms with Crippen molar-refractivity contribution in [2.24, 2.45) is 0 Å². The van der Waals surface area contributed by atoms with Crippen LogP contribution < -0.4 is 4.74 Å². The van der Waals surface area contributed by atoms with Crippen LogP contribution in [-0.2, 0) is 16.1 Å². The second-order valence-corrected chi connectivity index (χ2v) is 9.06. The van der Waals surface area contributed by atoms with Gasteiger partial charge in [0.05, 0.1) is 13.1 Å². The number of aliphatic carboxylic acids is 2. The Morgan fingerprint density at radius 2 is 1.51 bits per heavy atom. The molecule has 9 nitrogen and oxygen atoms in total. The summed E-state index contributed by atoms with van der Waals surface area (Å²) in [4.78, 5) is 38.0. The molecule has 4 rings (SSSR count). The van der Waals surface area contributed by atoms with Crippen LogP contribution in [-0.4, -0.2) is 88.3 Å². The molecule has 35 heavy (non-hydrogen) atoms. The number of rotatable bonds is 6. The van der Waals surface area contributed by atoms with Crippen LogP contribution in [0, 0.1) is 0 Å². The first-order valence-electron chi connectivity index (χ1n) is 11.2. The van der Waals surface area contributed by atoms with Crippen LogP contribution in [0.1, 0.15) is 5.56 Å². The molecule has 0 spiro atoms. The van der Waals surface area contributed by atoms with E-state index in [2.05, 4.69) is 45.1 Å². The summed E-state index contributed by atoms with van der Waals surface area (Å²) in [5.74, 6) is -1.67. The highest BCUT2D eigenvalue weighted by atomic mass is 79.9. The number of carbonyl (C=O) groups is 3. The van der Waals surface area contributed by atoms with E-state index in [1.54, 1.807) is 0 Å². The van der Waals surface area contributed by atoms with Crippen molar-refractivity contribution in [1.29, 1.82) is 0 Å². The molecule has 2 fully saturated rings. The summed E-state index contributed by atoms with van der Waals surface area (Å²) >= 11 is 3.45. The van der Waals surface area contributed by atoms with Gasteiger partial charge in [0.15, 0.2) is 0 Å². The molecular formula is C25H28BrN3O6. The molecule has 0 bridgehead atoms. The second kappa shape index (κ2) is 12.9. The number of hydrogen-bond donors (Lipinski definition) is 2. The zero-order chi connectivity index (χ0) is 25.2. The lowest BCUT2D eigenvalue weighted by atomic mass is 10.1. The monoisotopic (exact) mass is 545 g/mol. The zero-order valence-corrected chi connectivity index (χ0v) is 20.7. The highest BCUT2D eigenvalue weighted by molar-refractivity contribution is 9.10. The minimum Gasteiger partial charge on any atom is -0.487 e. The van der Waals surface area contributed by atoms with Crippen molar-refractivity contribution in [3.8, 4) is 5.75 Å². The highest BCUT2D eigenvalue weighted by Crippen LogP contribution is 2.23. The van der Waals surface area contributed by atoms with Gasteiger partial charge < -0.3 is 24.7 Å². The normalized spacial score (nSPS) is 16.3. The smallest absolute Gasteiger partial charge is 0.328 e. The number of piperazine rings is 1. The summed E-state index contributed by atoms with van der Waals surface area (Å²) in [5, 5.41) is 15.6. The molecule has 2 aliphatic heterocycles. The maximum atomic E-state index is 12.7. The van der Waals surface area contributed by atoms with Gasteiger partial charge in [0.25, 0.3) is 0 Å². The van der Waals surface area contributed by atoms with E-state index in [-0.39, 0.29) is 12.1 Å². The Morgan fingerprint density at radius 1 is 0.886 bits per heavy atom. The predicted molar refractivity (Wildman–Crippen MR) is 133 cm³/mol. The van der Waals surface area contributed by atoms with E-state index in [0.29, 0.717) is 25.2 Å². The molecule has 0 saturated carbocycles. The van der Waals surface area contributed by atoms with Crippen LogP contribution in [0.15, 0.2) is 71.2 Å². The standard InChI is InChI=1S/C21H24BrN3O2.C4H4O4/c22-18-7-4-8-19(13-18)27-20-15-25(16-20)21(26)24-11-9-23(10-12-24)14-17-5-2-1-3-6-17;5-3(6)1-2-4(7)8/h1-8,13,20H,9-12,14-16H2;1-2H,(H,5,6)(H,7,8). The molecule has 186 valence electrons. The highest BCUT2D eigenvalue weighted by Gasteiger charge is 2.35. The summed E-state index contributed by atoms with van der Waals surface area (Å²) < 4.78 is 6.93. The maximum Gasteiger partial charge on any atom is 0.328 e. The SMILES string of the molecule is O=C(N1CCN(Cc2ccccc2)CC1)N1CC(Oc2cccc(Br)c2)C1.O=C(O)C=CC(=O)O. The topological polar surface area (TPSA) is 111 Å². The quantitative estimate of drug-likeness (QED) is 0.536. The average Bonchev–Trinajstić information content (AvgIpc) is 2.81. The third-order valence-electron chi connectivity index (χ3n) is 5.48. The summed E-state index contributed by atoms with van der Waals surface area (Å²) in [6.07, 6.45) is 1.20. The molecule has 2 N–H and O–H groups in total. The summed E-state index contributed by atoms with van der Waals surface area (Å²) in [7, 11) is 0. The lowest BCUT2D eigenvalue weighted by molar-refractivity contribution is -0.134. The molecule has 10 heteroatoms. The van der Waals surface area contributed by atoms with Gasteiger partial charge in [0, 0.05) is 49.3 Å². The number of hydrogen-bond acceptors (Lipinski definition) is 5. The Morgan fingerprint density at radius 3 is 2.09 bits per heavy atom. The fraction of sp³-hybridized carbons (Fsp3) is 0.320. The van der Waals surface area contributed by atoms with Crippen LogP contribution in [0.5, 0.6) is 5.75 Å². The van der Waals surface area contributed by atoms with Gasteiger partial charge in [0.1, 0.15) is 11.9 Å². The minimum atomic E-state index is -1.26. The van der Waals surface area contributed by atoms with Crippen molar-refractivity contribution >= 4 is 33.9 Å². The molecule has 0 unspecified atom stereocenters. The van der Waals surface area contributed by atoms with Crippen molar-refractivity contribution in [3.05, 3.63) is 76.8 Å². The lowest BCUT2D eigenvalue weighted by Gasteiger charge is -2.43. The van der Waals surface area contributed by atoms with Gasteiger partial charge in [-0.15, -0.1) is 0 Å². The summed E-state index contributed by atoms with van der Waals surface area (Å²) in [5.41, 5.74) is 1.33. The van der Waals surface area contributed by atoms with Crippen LogP contribution >= 0.6 is 15.9 Å². The van der Waals surface area contributed by atoms with E-state index in [4.69, 9.17) is 14.9 Å². The third kappa shape index (κ3) is 8.73. The first-order valence-corrected chi connectivity index (χ1v) is 12.0. The van der Waals surface area contributed by atoms with E-state index >= 15 is 0 Å². The minimum absolute atomic E-state index is 0.0858. The Balaban J connectivity index is 0.000000371. The van der Waals surface area contributed by atoms with Crippen LogP contribution in [0.25, 0.3) is 0 Å². The van der Waals surface area contributed by atoms with E-state index in [9.17, 15) is 14.4 Å². The fourth-order valence-corrected chi connectivity index (χ4v) is 4.06. The number of ether oxygens (including phenoxy) is 1. The molecule has 0 radical (unpaired) electrons. The zero-order valence-electron chi connectivity index (χ0n) is 19.1. The number of carboxylic acids is 2. The molecule has 0 aromatic heterocycles. The number of likely N-dealkylation sites (tertiary alicyclic amines) is 1. The number of nitrogens with zero attached hydrogens (tertiary/aromatic N) is 3. The largest absolute Gasteiger partial charge is 0.487 e. The first kappa shape index (κ1) is 26.2. The Labute approximate surface area is 212 Å². The maximum absolute atomic E-state index is 12.7. The lowest BCUT2D eigenvalue weighted by Crippen LogP contribution is -2.61. The van der Waals surface area contributed by atoms with Gasteiger partial charge >= 0.3 is 18.0 Å². The van der Waals surface area contributed by atoms with Gasteiger partial charge in [-0.1, -0.05) is 52.3 Å². The van der Waals surface area contributed by atoms with Crippen LogP contribution in [0.4, 0.5) is 4.79 Å². The van der Waals surface area contributed by atoms with E-state index in [1.807, 2.05) is 40.1 Å². The third-order valence-corrected chi connectivity index (χ3v) is 5.97. The Kier molecular flexibility index (Phi) is 9.68. The van der Waals surface area contributed by atoms with Crippen molar-refractivity contribution in [3.63, 3.8) is 0 Å². The number of amides is 2. The number of benzene rings is 2. The summed E-state index contributed by atoms with van der Waals surface area (Å²) in [6.45, 7) is 5.71. The number of halogens is 1. The van der Waals surface area contributed by atoms with Crippen LogP contribution in [0.2, 0.25) is 0 Å². The molecule has 2 aliphatic rings. The number of urea groups is 1. The summed E-state index contributed by atoms with van der Waals surface area (Å²) in [6, 6.07) is 18.5. The van der Waals surface area contributed by atoms with Crippen molar-refractivity contribution in [1.82, 2.24) is 14.7 Å². The van der Waals surface area contributed by atoms with E-state index < -0.39 is 11.9 Å². The molecule has 2 aromatic rings. The van der Waals surface area contributed by atoms with Crippen molar-refractivity contribution in [2.75, 3.05) is 39.3 Å². The van der Waals surface area contributed by atoms with Crippen molar-refractivity contribution in [2.45, 2.75) is 12.6 Å². The predicted octanol–water partition coefficient (Wildman–Crippen LogP) is 3.16. The van der Waals surface area contributed by atoms with Gasteiger partial charge in [-0.3, -0.25) is 4.90 Å². The Hall–Kier alpha value is -3.37. The second-order valence-electron chi connectivity index (χ2n) is 8.14. The molecule has 0 aliphatic carbocycles. The fourth-order valence-electron chi connectivity index (χ4n) is 3.68. The van der Waals surface area contributed by atoms with Crippen molar-refractivity contribution < 1.29 is 29.3 Å². The van der Waals surface area contributed by atoms with E-state index in [1.165, 1.54) is 5.56 Å². The molecular weight excluding hydrogens is 518 g/mol. The number of carbonyl (C=O) groups excluding carboxylic acids is 1. The molecule has 2 heterocycles. The Bertz CT molecular complexity index is 1020. The molecule has 2 saturated heterocycles. The average molecular weight is 546 g/mol. The van der Waals surface area contributed by atoms with E-state index in [0.717, 1.165) is 42.9 Å². The van der Waals surface area contributed by atoms with Gasteiger partial charge in [-0.05, 0) is 23.8 Å². The van der Waals surface area contributed by atoms with Gasteiger partial charge in [-0.2, -0.15) is 0 Å². The van der Waals surface area contributed by atoms with Crippen LogP contribution in [0.3, 0.4) is 0 Å². The molecule has 2 amide bonds. The molecule has 2 aromatic carbocycles.